The van der Waals surface area contributed by atoms with Crippen molar-refractivity contribution in [3.8, 4) is 0 Å². The number of halogens is 1. The van der Waals surface area contributed by atoms with E-state index in [2.05, 4.69) is 4.99 Å². The molecule has 0 spiro atoms. The summed E-state index contributed by atoms with van der Waals surface area (Å²) in [6.07, 6.45) is 1.97. The van der Waals surface area contributed by atoms with Crippen molar-refractivity contribution in [2.24, 2.45) is 10.9 Å². The van der Waals surface area contributed by atoms with Gasteiger partial charge in [-0.3, -0.25) is 0 Å². The molecule has 2 aliphatic rings. The topological polar surface area (TPSA) is 38.7 Å². The van der Waals surface area contributed by atoms with E-state index in [9.17, 15) is 4.79 Å². The number of carbonyl (C=O) groups excluding carboxylic acids is 1. The lowest BCUT2D eigenvalue weighted by molar-refractivity contribution is -0.138. The van der Waals surface area contributed by atoms with Crippen LogP contribution in [0.2, 0.25) is 5.02 Å². The second-order valence-corrected chi connectivity index (χ2v) is 5.67. The summed E-state index contributed by atoms with van der Waals surface area (Å²) in [5.41, 5.74) is 1.98. The number of aliphatic imine (C=N–C) groups is 1. The zero-order valence-corrected chi connectivity index (χ0v) is 12.4. The first-order valence-corrected chi connectivity index (χ1v) is 7.56. The highest BCUT2D eigenvalue weighted by molar-refractivity contribution is 8.16. The van der Waals surface area contributed by atoms with Crippen LogP contribution in [0.1, 0.15) is 12.5 Å². The molecule has 3 nitrogen and oxygen atoms in total. The summed E-state index contributed by atoms with van der Waals surface area (Å²) >= 11 is 7.76. The van der Waals surface area contributed by atoms with E-state index >= 15 is 0 Å². The highest BCUT2D eigenvalue weighted by Crippen LogP contribution is 2.43. The van der Waals surface area contributed by atoms with Gasteiger partial charge >= 0.3 is 5.97 Å². The Kier molecular flexibility index (Phi) is 3.68. The molecular formula is C15H12ClNO2S. The smallest absolute Gasteiger partial charge is 0.337 e. The predicted molar refractivity (Wildman–Crippen MR) is 82.7 cm³/mol. The second kappa shape index (κ2) is 5.46. The summed E-state index contributed by atoms with van der Waals surface area (Å²) in [4.78, 5) is 16.8. The van der Waals surface area contributed by atoms with Crippen LogP contribution in [0.5, 0.6) is 0 Å². The Balaban J connectivity index is 2.12. The summed E-state index contributed by atoms with van der Waals surface area (Å²) in [5.74, 6) is -0.413. The highest BCUT2D eigenvalue weighted by atomic mass is 35.5. The zero-order valence-electron chi connectivity index (χ0n) is 10.8. The normalized spacial score (nSPS) is 20.1. The monoisotopic (exact) mass is 305 g/mol. The molecule has 1 aromatic carbocycles. The Morgan fingerprint density at radius 3 is 3.00 bits per heavy atom. The summed E-state index contributed by atoms with van der Waals surface area (Å²) in [6, 6.07) is 7.41. The van der Waals surface area contributed by atoms with Crippen LogP contribution in [0.15, 0.2) is 46.3 Å². The van der Waals surface area contributed by atoms with Crippen molar-refractivity contribution < 1.29 is 9.53 Å². The van der Waals surface area contributed by atoms with Gasteiger partial charge in [0, 0.05) is 10.6 Å². The molecule has 102 valence electrons. The summed E-state index contributed by atoms with van der Waals surface area (Å²) < 4.78 is 5.17. The molecule has 3 rings (SSSR count). The lowest BCUT2D eigenvalue weighted by atomic mass is 9.98. The Labute approximate surface area is 126 Å². The van der Waals surface area contributed by atoms with Crippen molar-refractivity contribution >= 4 is 40.1 Å². The minimum Gasteiger partial charge on any atom is -0.463 e. The molecule has 0 unspecified atom stereocenters. The molecule has 1 atom stereocenters. The average molecular weight is 306 g/mol. The lowest BCUT2D eigenvalue weighted by Gasteiger charge is -2.10. The third kappa shape index (κ3) is 2.19. The van der Waals surface area contributed by atoms with Crippen LogP contribution in [-0.4, -0.2) is 17.6 Å². The first-order valence-electron chi connectivity index (χ1n) is 6.30. The molecular weight excluding hydrogens is 294 g/mol. The van der Waals surface area contributed by atoms with Crippen LogP contribution in [0.25, 0.3) is 5.70 Å². The Bertz CT molecular complexity index is 664. The number of nitrogens with zero attached hydrogens (tertiary/aromatic N) is 1. The van der Waals surface area contributed by atoms with Gasteiger partial charge in [-0.1, -0.05) is 47.6 Å². The van der Waals surface area contributed by atoms with Crippen molar-refractivity contribution in [2.75, 3.05) is 6.61 Å². The number of hydrogen-bond donors (Lipinski definition) is 0. The van der Waals surface area contributed by atoms with E-state index < -0.39 is 0 Å². The van der Waals surface area contributed by atoms with Gasteiger partial charge in [0.2, 0.25) is 0 Å². The third-order valence-corrected chi connectivity index (χ3v) is 4.35. The number of benzene rings is 1. The van der Waals surface area contributed by atoms with Gasteiger partial charge in [0.05, 0.1) is 28.8 Å². The molecule has 0 radical (unpaired) electrons. The third-order valence-electron chi connectivity index (χ3n) is 3.14. The number of esters is 1. The molecule has 0 N–H and O–H groups in total. The largest absolute Gasteiger partial charge is 0.463 e. The van der Waals surface area contributed by atoms with Gasteiger partial charge in [0.1, 0.15) is 0 Å². The number of carbonyl (C=O) groups is 1. The highest BCUT2D eigenvalue weighted by Gasteiger charge is 2.36. The van der Waals surface area contributed by atoms with Gasteiger partial charge < -0.3 is 4.74 Å². The van der Waals surface area contributed by atoms with Gasteiger partial charge in [-0.2, -0.15) is 0 Å². The number of hydrogen-bond acceptors (Lipinski definition) is 4. The number of fused-ring (bicyclic) bond motifs is 1. The maximum atomic E-state index is 12.2. The van der Waals surface area contributed by atoms with Gasteiger partial charge in [-0.25, -0.2) is 9.79 Å². The molecule has 0 aliphatic carbocycles. The molecule has 1 aromatic rings. The molecule has 20 heavy (non-hydrogen) atoms. The first-order chi connectivity index (χ1) is 9.72. The van der Waals surface area contributed by atoms with E-state index in [-0.39, 0.29) is 11.9 Å². The minimum atomic E-state index is -0.321. The first kappa shape index (κ1) is 13.5. The fourth-order valence-corrected chi connectivity index (χ4v) is 3.35. The van der Waals surface area contributed by atoms with Gasteiger partial charge in [0.25, 0.3) is 0 Å². The molecule has 5 heteroatoms. The molecule has 2 heterocycles. The van der Waals surface area contributed by atoms with Crippen LogP contribution in [0, 0.1) is 5.92 Å². The molecule has 0 fully saturated rings. The molecule has 2 aliphatic heterocycles. The van der Waals surface area contributed by atoms with Crippen molar-refractivity contribution in [3.63, 3.8) is 0 Å². The van der Waals surface area contributed by atoms with E-state index in [1.54, 1.807) is 13.0 Å². The fraction of sp³-hybridized carbons (Fsp3) is 0.200. The number of thioether (sulfide) groups is 1. The van der Waals surface area contributed by atoms with E-state index in [4.69, 9.17) is 16.3 Å². The summed E-state index contributed by atoms with van der Waals surface area (Å²) in [5, 5.41) is 3.44. The molecule has 0 saturated carbocycles. The molecule has 0 bridgehead atoms. The van der Waals surface area contributed by atoms with Crippen molar-refractivity contribution in [1.82, 2.24) is 0 Å². The maximum absolute atomic E-state index is 12.2. The quantitative estimate of drug-likeness (QED) is 0.795. The van der Waals surface area contributed by atoms with E-state index in [1.165, 1.54) is 11.8 Å². The van der Waals surface area contributed by atoms with Crippen LogP contribution < -0.4 is 0 Å². The van der Waals surface area contributed by atoms with Gasteiger partial charge in [0.15, 0.2) is 0 Å². The maximum Gasteiger partial charge on any atom is 0.337 e. The SMILES string of the molecule is CCOC(=O)C1=C(c2ccccc2Cl)N=C2SC=C[C@@H]21. The number of allylic oxidation sites excluding steroid dienone is 1. The van der Waals surface area contributed by atoms with E-state index in [0.717, 1.165) is 10.6 Å². The fourth-order valence-electron chi connectivity index (χ4n) is 2.27. The van der Waals surface area contributed by atoms with E-state index in [1.807, 2.05) is 29.7 Å². The van der Waals surface area contributed by atoms with Crippen LogP contribution in [0.3, 0.4) is 0 Å². The molecule has 0 aromatic heterocycles. The Morgan fingerprint density at radius 1 is 1.45 bits per heavy atom. The van der Waals surface area contributed by atoms with Gasteiger partial charge in [-0.05, 0) is 18.4 Å². The summed E-state index contributed by atoms with van der Waals surface area (Å²) in [7, 11) is 0. The molecule has 0 amide bonds. The zero-order chi connectivity index (χ0) is 14.1. The van der Waals surface area contributed by atoms with Crippen molar-refractivity contribution in [1.29, 1.82) is 0 Å². The van der Waals surface area contributed by atoms with Crippen molar-refractivity contribution in [2.45, 2.75) is 6.92 Å². The van der Waals surface area contributed by atoms with Crippen LogP contribution in [0.4, 0.5) is 0 Å². The van der Waals surface area contributed by atoms with Gasteiger partial charge in [-0.15, -0.1) is 0 Å². The molecule has 0 saturated heterocycles. The van der Waals surface area contributed by atoms with Crippen molar-refractivity contribution in [3.05, 3.63) is 51.9 Å². The Morgan fingerprint density at radius 2 is 2.25 bits per heavy atom. The lowest BCUT2D eigenvalue weighted by Crippen LogP contribution is -2.15. The predicted octanol–water partition coefficient (Wildman–Crippen LogP) is 3.90. The summed E-state index contributed by atoms with van der Waals surface area (Å²) in [6.45, 7) is 2.14. The van der Waals surface area contributed by atoms with Crippen LogP contribution >= 0.6 is 23.4 Å². The number of rotatable bonds is 3. The van der Waals surface area contributed by atoms with Crippen LogP contribution in [-0.2, 0) is 9.53 Å². The Hall–Kier alpha value is -1.52. The second-order valence-electron chi connectivity index (χ2n) is 4.34. The standard InChI is InChI=1S/C15H12ClNO2S/c1-2-19-15(18)12-10-7-8-20-14(10)17-13(12)9-5-3-4-6-11(9)16/h3-8,10H,2H2,1H3/t10-/m1/s1. The van der Waals surface area contributed by atoms with E-state index in [0.29, 0.717) is 22.9 Å². The average Bonchev–Trinajstić information content (AvgIpc) is 2.99. The minimum absolute atomic E-state index is 0.0923. The number of ether oxygens (including phenoxy) is 1.